The summed E-state index contributed by atoms with van der Waals surface area (Å²) in [7, 11) is 0. The zero-order chi connectivity index (χ0) is 12.9. The highest BCUT2D eigenvalue weighted by Gasteiger charge is 2.30. The fourth-order valence-corrected chi connectivity index (χ4v) is 2.15. The van der Waals surface area contributed by atoms with E-state index in [2.05, 4.69) is 44.8 Å². The third-order valence-corrected chi connectivity index (χ3v) is 3.28. The van der Waals surface area contributed by atoms with Crippen LogP contribution in [0.4, 0.5) is 0 Å². The molecule has 3 heteroatoms. The molecular formula is C14H29N3. The summed E-state index contributed by atoms with van der Waals surface area (Å²) in [6, 6.07) is 0. The highest BCUT2D eigenvalue weighted by Crippen LogP contribution is 2.28. The summed E-state index contributed by atoms with van der Waals surface area (Å²) < 4.78 is 0. The lowest BCUT2D eigenvalue weighted by atomic mass is 9.93. The van der Waals surface area contributed by atoms with Crippen molar-refractivity contribution in [3.8, 4) is 0 Å². The van der Waals surface area contributed by atoms with E-state index < -0.39 is 0 Å². The molecular weight excluding hydrogens is 210 g/mol. The largest absolute Gasteiger partial charge is 0.357 e. The van der Waals surface area contributed by atoms with E-state index in [1.54, 1.807) is 0 Å². The summed E-state index contributed by atoms with van der Waals surface area (Å²) >= 11 is 0. The molecule has 0 unspecified atom stereocenters. The Bertz CT molecular complexity index is 256. The van der Waals surface area contributed by atoms with Crippen molar-refractivity contribution in [1.82, 2.24) is 10.2 Å². The van der Waals surface area contributed by atoms with Crippen LogP contribution in [0, 0.1) is 11.3 Å². The van der Waals surface area contributed by atoms with Crippen LogP contribution in [0.1, 0.15) is 47.5 Å². The molecule has 0 aromatic heterocycles. The Hall–Kier alpha value is -0.730. The van der Waals surface area contributed by atoms with Crippen molar-refractivity contribution in [3.05, 3.63) is 0 Å². The molecule has 1 aliphatic rings. The summed E-state index contributed by atoms with van der Waals surface area (Å²) in [5.74, 6) is 1.84. The third-order valence-electron chi connectivity index (χ3n) is 3.28. The van der Waals surface area contributed by atoms with Crippen molar-refractivity contribution in [2.45, 2.75) is 47.5 Å². The van der Waals surface area contributed by atoms with Crippen molar-refractivity contribution < 1.29 is 0 Å². The maximum atomic E-state index is 4.73. The lowest BCUT2D eigenvalue weighted by Gasteiger charge is -2.23. The van der Waals surface area contributed by atoms with Crippen LogP contribution in [0.15, 0.2) is 4.99 Å². The average Bonchev–Trinajstić information content (AvgIpc) is 2.57. The van der Waals surface area contributed by atoms with E-state index in [4.69, 9.17) is 4.99 Å². The van der Waals surface area contributed by atoms with Gasteiger partial charge in [0, 0.05) is 26.2 Å². The highest BCUT2D eigenvalue weighted by atomic mass is 15.3. The van der Waals surface area contributed by atoms with Gasteiger partial charge in [-0.2, -0.15) is 0 Å². The van der Waals surface area contributed by atoms with E-state index in [1.165, 1.54) is 12.8 Å². The lowest BCUT2D eigenvalue weighted by Crippen LogP contribution is -2.40. The van der Waals surface area contributed by atoms with Crippen LogP contribution in [-0.4, -0.2) is 37.0 Å². The van der Waals surface area contributed by atoms with Gasteiger partial charge in [-0.1, -0.05) is 27.7 Å². The van der Waals surface area contributed by atoms with Crippen molar-refractivity contribution in [2.24, 2.45) is 16.3 Å². The van der Waals surface area contributed by atoms with E-state index in [0.717, 1.165) is 38.1 Å². The van der Waals surface area contributed by atoms with E-state index in [-0.39, 0.29) is 0 Å². The number of hydrogen-bond acceptors (Lipinski definition) is 1. The van der Waals surface area contributed by atoms with E-state index >= 15 is 0 Å². The second-order valence-electron chi connectivity index (χ2n) is 6.25. The first-order chi connectivity index (χ1) is 7.94. The normalized spacial score (nSPS) is 20.1. The molecule has 17 heavy (non-hydrogen) atoms. The van der Waals surface area contributed by atoms with Crippen molar-refractivity contribution in [1.29, 1.82) is 0 Å². The standard InChI is InChI=1S/C14H29N3/c1-6-15-13(16-9-7-12(2)3)17-10-8-14(4,5)11-17/h12H,6-11H2,1-5H3,(H,15,16). The minimum atomic E-state index is 0.439. The number of guanidine groups is 1. The summed E-state index contributed by atoms with van der Waals surface area (Å²) in [6.07, 6.45) is 2.44. The second-order valence-corrected chi connectivity index (χ2v) is 6.25. The zero-order valence-electron chi connectivity index (χ0n) is 12.2. The molecule has 1 aliphatic heterocycles. The first-order valence-electron chi connectivity index (χ1n) is 6.98. The Kier molecular flexibility index (Phi) is 5.29. The first kappa shape index (κ1) is 14.3. The summed E-state index contributed by atoms with van der Waals surface area (Å²) in [4.78, 5) is 7.14. The van der Waals surface area contributed by atoms with Gasteiger partial charge in [-0.05, 0) is 31.1 Å². The van der Waals surface area contributed by atoms with E-state index in [0.29, 0.717) is 5.41 Å². The molecule has 0 aliphatic carbocycles. The number of aliphatic imine (C=N–C) groups is 1. The van der Waals surface area contributed by atoms with Crippen LogP contribution in [-0.2, 0) is 0 Å². The molecule has 1 N–H and O–H groups in total. The minimum absolute atomic E-state index is 0.439. The van der Waals surface area contributed by atoms with E-state index in [9.17, 15) is 0 Å². The third kappa shape index (κ3) is 4.97. The Balaban J connectivity index is 2.53. The summed E-state index contributed by atoms with van der Waals surface area (Å²) in [6.45, 7) is 15.5. The molecule has 100 valence electrons. The van der Waals surface area contributed by atoms with Gasteiger partial charge in [0.1, 0.15) is 0 Å². The molecule has 0 saturated carbocycles. The van der Waals surface area contributed by atoms with E-state index in [1.807, 2.05) is 0 Å². The van der Waals surface area contributed by atoms with Crippen LogP contribution in [0.5, 0.6) is 0 Å². The Morgan fingerprint density at radius 2 is 2.12 bits per heavy atom. The number of nitrogens with zero attached hydrogens (tertiary/aromatic N) is 2. The number of likely N-dealkylation sites (tertiary alicyclic amines) is 1. The van der Waals surface area contributed by atoms with Crippen molar-refractivity contribution in [2.75, 3.05) is 26.2 Å². The van der Waals surface area contributed by atoms with Gasteiger partial charge in [-0.15, -0.1) is 0 Å². The molecule has 3 nitrogen and oxygen atoms in total. The fraction of sp³-hybridized carbons (Fsp3) is 0.929. The molecule has 0 radical (unpaired) electrons. The topological polar surface area (TPSA) is 27.6 Å². The highest BCUT2D eigenvalue weighted by molar-refractivity contribution is 5.80. The van der Waals surface area contributed by atoms with Gasteiger partial charge < -0.3 is 10.2 Å². The molecule has 0 bridgehead atoms. The maximum Gasteiger partial charge on any atom is 0.193 e. The predicted molar refractivity (Wildman–Crippen MR) is 75.4 cm³/mol. The molecule has 1 rings (SSSR count). The van der Waals surface area contributed by atoms with Crippen LogP contribution < -0.4 is 5.32 Å². The molecule has 0 aromatic carbocycles. The molecule has 0 spiro atoms. The van der Waals surface area contributed by atoms with Gasteiger partial charge in [-0.25, -0.2) is 0 Å². The predicted octanol–water partition coefficient (Wildman–Crippen LogP) is 2.73. The average molecular weight is 239 g/mol. The minimum Gasteiger partial charge on any atom is -0.357 e. The van der Waals surface area contributed by atoms with Crippen LogP contribution in [0.25, 0.3) is 0 Å². The van der Waals surface area contributed by atoms with Crippen LogP contribution in [0.3, 0.4) is 0 Å². The SMILES string of the molecule is CCNC(=NCCC(C)C)N1CCC(C)(C)C1. The van der Waals surface area contributed by atoms with Crippen molar-refractivity contribution in [3.63, 3.8) is 0 Å². The molecule has 1 saturated heterocycles. The lowest BCUT2D eigenvalue weighted by molar-refractivity contribution is 0.370. The van der Waals surface area contributed by atoms with Gasteiger partial charge in [0.15, 0.2) is 5.96 Å². The maximum absolute atomic E-state index is 4.73. The molecule has 0 amide bonds. The monoisotopic (exact) mass is 239 g/mol. The number of nitrogens with one attached hydrogen (secondary N) is 1. The number of hydrogen-bond donors (Lipinski definition) is 1. The van der Waals surface area contributed by atoms with Gasteiger partial charge in [-0.3, -0.25) is 4.99 Å². The van der Waals surface area contributed by atoms with Gasteiger partial charge in [0.25, 0.3) is 0 Å². The molecule has 0 atom stereocenters. The van der Waals surface area contributed by atoms with Crippen LogP contribution >= 0.6 is 0 Å². The summed E-state index contributed by atoms with van der Waals surface area (Å²) in [5, 5.41) is 3.41. The zero-order valence-corrected chi connectivity index (χ0v) is 12.2. The Morgan fingerprint density at radius 3 is 2.59 bits per heavy atom. The van der Waals surface area contributed by atoms with Crippen LogP contribution in [0.2, 0.25) is 0 Å². The fourth-order valence-electron chi connectivity index (χ4n) is 2.15. The van der Waals surface area contributed by atoms with Crippen molar-refractivity contribution >= 4 is 5.96 Å². The van der Waals surface area contributed by atoms with Gasteiger partial charge in [0.05, 0.1) is 0 Å². The Labute approximate surface area is 107 Å². The second kappa shape index (κ2) is 6.27. The molecule has 1 heterocycles. The number of rotatable bonds is 4. The molecule has 1 fully saturated rings. The smallest absolute Gasteiger partial charge is 0.193 e. The quantitative estimate of drug-likeness (QED) is 0.603. The molecule has 0 aromatic rings. The Morgan fingerprint density at radius 1 is 1.41 bits per heavy atom. The first-order valence-corrected chi connectivity index (χ1v) is 6.98. The summed E-state index contributed by atoms with van der Waals surface area (Å²) in [5.41, 5.74) is 0.439. The van der Waals surface area contributed by atoms with Gasteiger partial charge >= 0.3 is 0 Å². The van der Waals surface area contributed by atoms with Gasteiger partial charge in [0.2, 0.25) is 0 Å².